The van der Waals surface area contributed by atoms with Crippen molar-refractivity contribution in [1.82, 2.24) is 4.90 Å². The molecule has 0 unspecified atom stereocenters. The van der Waals surface area contributed by atoms with Crippen molar-refractivity contribution in [3.63, 3.8) is 0 Å². The van der Waals surface area contributed by atoms with Crippen molar-refractivity contribution < 1.29 is 24.2 Å². The first-order valence-electron chi connectivity index (χ1n) is 6.45. The van der Waals surface area contributed by atoms with Crippen molar-refractivity contribution in [1.29, 1.82) is 0 Å². The minimum Gasteiger partial charge on any atom is -0.480 e. The maximum atomic E-state index is 12.1. The molecular weight excluding hydrogens is 252 g/mol. The minimum atomic E-state index is -1.14. The highest BCUT2D eigenvalue weighted by Crippen LogP contribution is 2.33. The van der Waals surface area contributed by atoms with E-state index >= 15 is 0 Å². The molecule has 2 heterocycles. The minimum absolute atomic E-state index is 0.209. The quantitative estimate of drug-likeness (QED) is 0.483. The standard InChI is InChI=1S/C12H18N2O5/c13-4-2-1-3-9(12(17)18)14-10(15)7-5-19-6-8(7)11(14)16/h7-9H,1-6,13H2,(H,17,18)/t7-,8+,9-/m0/s1. The largest absolute Gasteiger partial charge is 0.480 e. The van der Waals surface area contributed by atoms with Gasteiger partial charge >= 0.3 is 5.97 Å². The summed E-state index contributed by atoms with van der Waals surface area (Å²) in [5, 5.41) is 9.22. The van der Waals surface area contributed by atoms with E-state index in [1.807, 2.05) is 0 Å². The van der Waals surface area contributed by atoms with Gasteiger partial charge in [-0.25, -0.2) is 4.79 Å². The van der Waals surface area contributed by atoms with E-state index in [1.165, 1.54) is 0 Å². The number of carbonyl (C=O) groups is 3. The Morgan fingerprint density at radius 3 is 2.37 bits per heavy atom. The predicted molar refractivity (Wildman–Crippen MR) is 64.0 cm³/mol. The van der Waals surface area contributed by atoms with Crippen LogP contribution in [0.5, 0.6) is 0 Å². The molecule has 2 amide bonds. The normalized spacial score (nSPS) is 27.7. The molecule has 0 spiro atoms. The van der Waals surface area contributed by atoms with E-state index in [4.69, 9.17) is 10.5 Å². The van der Waals surface area contributed by atoms with Crippen LogP contribution in [0.4, 0.5) is 0 Å². The van der Waals surface area contributed by atoms with Crippen molar-refractivity contribution in [2.24, 2.45) is 17.6 Å². The highest BCUT2D eigenvalue weighted by atomic mass is 16.5. The molecule has 2 saturated heterocycles. The molecule has 0 aliphatic carbocycles. The maximum absolute atomic E-state index is 12.1. The van der Waals surface area contributed by atoms with Crippen LogP contribution < -0.4 is 5.73 Å². The van der Waals surface area contributed by atoms with Crippen LogP contribution in [0.25, 0.3) is 0 Å². The molecule has 106 valence electrons. The summed E-state index contributed by atoms with van der Waals surface area (Å²) in [5.41, 5.74) is 5.36. The lowest BCUT2D eigenvalue weighted by Crippen LogP contribution is -2.46. The summed E-state index contributed by atoms with van der Waals surface area (Å²) in [7, 11) is 0. The molecule has 2 fully saturated rings. The Labute approximate surface area is 110 Å². The van der Waals surface area contributed by atoms with E-state index in [-0.39, 0.29) is 19.6 Å². The van der Waals surface area contributed by atoms with Crippen molar-refractivity contribution >= 4 is 17.8 Å². The molecule has 0 aromatic heterocycles. The SMILES string of the molecule is NCCCC[C@@H](C(=O)O)N1C(=O)[C@H]2COC[C@H]2C1=O. The number of carbonyl (C=O) groups excluding carboxylic acids is 2. The zero-order valence-electron chi connectivity index (χ0n) is 10.6. The third-order valence-corrected chi connectivity index (χ3v) is 3.72. The van der Waals surface area contributed by atoms with Crippen molar-refractivity contribution in [3.8, 4) is 0 Å². The predicted octanol–water partition coefficient (Wildman–Crippen LogP) is -0.800. The van der Waals surface area contributed by atoms with Gasteiger partial charge in [-0.2, -0.15) is 0 Å². The Morgan fingerprint density at radius 2 is 1.89 bits per heavy atom. The topological polar surface area (TPSA) is 110 Å². The molecule has 19 heavy (non-hydrogen) atoms. The van der Waals surface area contributed by atoms with Gasteiger partial charge in [-0.3, -0.25) is 14.5 Å². The van der Waals surface area contributed by atoms with E-state index in [9.17, 15) is 19.5 Å². The lowest BCUT2D eigenvalue weighted by Gasteiger charge is -2.23. The fourth-order valence-corrected chi connectivity index (χ4v) is 2.66. The van der Waals surface area contributed by atoms with Crippen molar-refractivity contribution in [2.45, 2.75) is 25.3 Å². The van der Waals surface area contributed by atoms with Gasteiger partial charge in [0.25, 0.3) is 0 Å². The Kier molecular flexibility index (Phi) is 4.16. The first kappa shape index (κ1) is 14.0. The first-order valence-corrected chi connectivity index (χ1v) is 6.45. The van der Waals surface area contributed by atoms with Crippen LogP contribution in [0.1, 0.15) is 19.3 Å². The Morgan fingerprint density at radius 1 is 1.32 bits per heavy atom. The van der Waals surface area contributed by atoms with Crippen LogP contribution in [-0.4, -0.2) is 53.6 Å². The number of imide groups is 1. The van der Waals surface area contributed by atoms with Crippen molar-refractivity contribution in [2.75, 3.05) is 19.8 Å². The number of nitrogens with two attached hydrogens (primary N) is 1. The molecular formula is C12H18N2O5. The molecule has 0 aromatic rings. The second kappa shape index (κ2) is 5.66. The van der Waals surface area contributed by atoms with Crippen LogP contribution >= 0.6 is 0 Å². The van der Waals surface area contributed by atoms with E-state index in [0.717, 1.165) is 4.90 Å². The Hall–Kier alpha value is -1.47. The molecule has 7 nitrogen and oxygen atoms in total. The number of carboxylic acid groups (broad SMARTS) is 1. The number of hydrogen-bond acceptors (Lipinski definition) is 5. The van der Waals surface area contributed by atoms with Gasteiger partial charge in [-0.15, -0.1) is 0 Å². The van der Waals surface area contributed by atoms with E-state index in [0.29, 0.717) is 19.4 Å². The van der Waals surface area contributed by atoms with Gasteiger partial charge in [0.05, 0.1) is 25.0 Å². The summed E-state index contributed by atoms with van der Waals surface area (Å²) in [5.74, 6) is -2.95. The summed E-state index contributed by atoms with van der Waals surface area (Å²) in [6, 6.07) is -1.07. The van der Waals surface area contributed by atoms with Crippen LogP contribution in [-0.2, 0) is 19.1 Å². The number of likely N-dealkylation sites (tertiary alicyclic amines) is 1. The van der Waals surface area contributed by atoms with Crippen LogP contribution in [0.3, 0.4) is 0 Å². The second-order valence-electron chi connectivity index (χ2n) is 4.94. The number of rotatable bonds is 6. The summed E-state index contributed by atoms with van der Waals surface area (Å²) in [4.78, 5) is 36.4. The maximum Gasteiger partial charge on any atom is 0.326 e. The van der Waals surface area contributed by atoms with Gasteiger partial charge < -0.3 is 15.6 Å². The molecule has 3 atom stereocenters. The number of hydrogen-bond donors (Lipinski definition) is 2. The van der Waals surface area contributed by atoms with Crippen molar-refractivity contribution in [3.05, 3.63) is 0 Å². The van der Waals surface area contributed by atoms with Crippen LogP contribution in [0, 0.1) is 11.8 Å². The number of aliphatic carboxylic acids is 1. The average molecular weight is 270 g/mol. The summed E-state index contributed by atoms with van der Waals surface area (Å²) in [6.07, 6.45) is 1.51. The molecule has 2 rings (SSSR count). The van der Waals surface area contributed by atoms with Gasteiger partial charge in [-0.05, 0) is 25.8 Å². The lowest BCUT2D eigenvalue weighted by atomic mass is 10.00. The molecule has 2 aliphatic heterocycles. The molecule has 7 heteroatoms. The summed E-state index contributed by atoms with van der Waals surface area (Å²) >= 11 is 0. The van der Waals surface area contributed by atoms with Gasteiger partial charge in [0.15, 0.2) is 0 Å². The third kappa shape index (κ3) is 2.48. The molecule has 3 N–H and O–H groups in total. The molecule has 0 saturated carbocycles. The van der Waals surface area contributed by atoms with Gasteiger partial charge in [-0.1, -0.05) is 0 Å². The number of nitrogens with zero attached hydrogens (tertiary/aromatic N) is 1. The monoisotopic (exact) mass is 270 g/mol. The number of carboxylic acids is 1. The second-order valence-corrected chi connectivity index (χ2v) is 4.94. The molecule has 0 aromatic carbocycles. The lowest BCUT2D eigenvalue weighted by molar-refractivity contribution is -0.156. The highest BCUT2D eigenvalue weighted by molar-refractivity contribution is 6.08. The third-order valence-electron chi connectivity index (χ3n) is 3.72. The molecule has 0 radical (unpaired) electrons. The van der Waals surface area contributed by atoms with Gasteiger partial charge in [0.2, 0.25) is 11.8 Å². The zero-order valence-corrected chi connectivity index (χ0v) is 10.6. The zero-order chi connectivity index (χ0) is 14.0. The van der Waals surface area contributed by atoms with E-state index in [2.05, 4.69) is 0 Å². The number of amides is 2. The van der Waals surface area contributed by atoms with Gasteiger partial charge in [0.1, 0.15) is 6.04 Å². The fraction of sp³-hybridized carbons (Fsp3) is 0.750. The Bertz CT molecular complexity index is 376. The number of unbranched alkanes of at least 4 members (excludes halogenated alkanes) is 1. The van der Waals surface area contributed by atoms with E-state index in [1.54, 1.807) is 0 Å². The molecule has 0 bridgehead atoms. The summed E-state index contributed by atoms with van der Waals surface area (Å²) < 4.78 is 5.11. The van der Waals surface area contributed by atoms with Crippen LogP contribution in [0.15, 0.2) is 0 Å². The van der Waals surface area contributed by atoms with Crippen LogP contribution in [0.2, 0.25) is 0 Å². The average Bonchev–Trinajstić information content (AvgIpc) is 2.92. The summed E-state index contributed by atoms with van der Waals surface area (Å²) in [6.45, 7) is 0.884. The highest BCUT2D eigenvalue weighted by Gasteiger charge is 2.53. The smallest absolute Gasteiger partial charge is 0.326 e. The van der Waals surface area contributed by atoms with E-state index < -0.39 is 35.7 Å². The molecule has 2 aliphatic rings. The Balaban J connectivity index is 2.11. The fourth-order valence-electron chi connectivity index (χ4n) is 2.66. The number of fused-ring (bicyclic) bond motifs is 1. The first-order chi connectivity index (χ1) is 9.07. The van der Waals surface area contributed by atoms with Gasteiger partial charge in [0, 0.05) is 0 Å². The number of ether oxygens (including phenoxy) is 1.